The van der Waals surface area contributed by atoms with Gasteiger partial charge in [0.1, 0.15) is 0 Å². The molecule has 1 saturated heterocycles. The Morgan fingerprint density at radius 1 is 1.30 bits per heavy atom. The van der Waals surface area contributed by atoms with Gasteiger partial charge in [-0.2, -0.15) is 0 Å². The summed E-state index contributed by atoms with van der Waals surface area (Å²) in [4.78, 5) is 7.07. The van der Waals surface area contributed by atoms with Gasteiger partial charge in [-0.25, -0.2) is 4.98 Å². The number of piperazine rings is 1. The predicted octanol–water partition coefficient (Wildman–Crippen LogP) is 2.06. The molecule has 1 unspecified atom stereocenters. The number of imidazole rings is 1. The maximum Gasteiger partial charge on any atom is 0.0958 e. The van der Waals surface area contributed by atoms with Gasteiger partial charge in [-0.3, -0.25) is 0 Å². The monoisotopic (exact) mass is 272 g/mol. The van der Waals surface area contributed by atoms with E-state index in [1.165, 1.54) is 11.1 Å². The second kappa shape index (κ2) is 5.94. The lowest BCUT2D eigenvalue weighted by molar-refractivity contribution is 0.230. The molecule has 0 radical (unpaired) electrons. The van der Waals surface area contributed by atoms with Crippen LogP contribution in [0.5, 0.6) is 0 Å². The highest BCUT2D eigenvalue weighted by atomic mass is 15.2. The molecule has 0 aliphatic carbocycles. The Kier molecular flexibility index (Phi) is 4.03. The summed E-state index contributed by atoms with van der Waals surface area (Å²) < 4.78 is 2.19. The predicted molar refractivity (Wildman–Crippen MR) is 83.1 cm³/mol. The fourth-order valence-electron chi connectivity index (χ4n) is 3.03. The van der Waals surface area contributed by atoms with Gasteiger partial charge in [0.2, 0.25) is 0 Å². The van der Waals surface area contributed by atoms with Gasteiger partial charge in [0.15, 0.2) is 0 Å². The highest BCUT2D eigenvalue weighted by molar-refractivity contribution is 5.76. The fourth-order valence-corrected chi connectivity index (χ4v) is 3.03. The molecule has 1 atom stereocenters. The minimum absolute atomic E-state index is 0.560. The second-order valence-corrected chi connectivity index (χ2v) is 5.73. The molecular weight excluding hydrogens is 248 g/mol. The van der Waals surface area contributed by atoms with Crippen molar-refractivity contribution in [1.82, 2.24) is 19.8 Å². The van der Waals surface area contributed by atoms with Crippen molar-refractivity contribution in [2.24, 2.45) is 0 Å². The first kappa shape index (κ1) is 13.6. The van der Waals surface area contributed by atoms with Crippen LogP contribution in [0.15, 0.2) is 24.5 Å². The van der Waals surface area contributed by atoms with E-state index in [-0.39, 0.29) is 0 Å². The average molecular weight is 272 g/mol. The number of aromatic nitrogens is 2. The molecule has 1 aliphatic rings. The Morgan fingerprint density at radius 3 is 2.85 bits per heavy atom. The van der Waals surface area contributed by atoms with Crippen LogP contribution in [0.25, 0.3) is 11.0 Å². The summed E-state index contributed by atoms with van der Waals surface area (Å²) in [6.45, 7) is 11.2. The minimum Gasteiger partial charge on any atom is -0.331 e. The molecule has 108 valence electrons. The summed E-state index contributed by atoms with van der Waals surface area (Å²) in [5.74, 6) is 0.560. The standard InChI is InChI=1S/C16H24N4/c1-3-20-12-18-15-10-14(4-5-16(15)20)13(2)11-19-8-6-17-7-9-19/h4-5,10,12-13,17H,3,6-9,11H2,1-2H3. The van der Waals surface area contributed by atoms with Crippen molar-refractivity contribution in [3.05, 3.63) is 30.1 Å². The zero-order valence-electron chi connectivity index (χ0n) is 12.5. The number of hydrogen-bond acceptors (Lipinski definition) is 3. The zero-order chi connectivity index (χ0) is 13.9. The van der Waals surface area contributed by atoms with E-state index >= 15 is 0 Å². The lowest BCUT2D eigenvalue weighted by Crippen LogP contribution is -2.44. The molecule has 2 heterocycles. The quantitative estimate of drug-likeness (QED) is 0.925. The van der Waals surface area contributed by atoms with Crippen LogP contribution in [0.1, 0.15) is 25.3 Å². The van der Waals surface area contributed by atoms with Crippen LogP contribution in [0.4, 0.5) is 0 Å². The highest BCUT2D eigenvalue weighted by Crippen LogP contribution is 2.22. The van der Waals surface area contributed by atoms with Crippen LogP contribution >= 0.6 is 0 Å². The first-order valence-corrected chi connectivity index (χ1v) is 7.66. The number of benzene rings is 1. The normalized spacial score (nSPS) is 18.5. The van der Waals surface area contributed by atoms with Gasteiger partial charge in [0, 0.05) is 39.3 Å². The van der Waals surface area contributed by atoms with E-state index in [9.17, 15) is 0 Å². The van der Waals surface area contributed by atoms with Gasteiger partial charge in [0.05, 0.1) is 17.4 Å². The third-order valence-corrected chi connectivity index (χ3v) is 4.30. The van der Waals surface area contributed by atoms with Crippen molar-refractivity contribution in [1.29, 1.82) is 0 Å². The largest absolute Gasteiger partial charge is 0.331 e. The molecule has 0 saturated carbocycles. The van der Waals surface area contributed by atoms with Crippen LogP contribution in [-0.4, -0.2) is 47.2 Å². The molecule has 4 heteroatoms. The third-order valence-electron chi connectivity index (χ3n) is 4.30. The van der Waals surface area contributed by atoms with E-state index in [1.54, 1.807) is 0 Å². The highest BCUT2D eigenvalue weighted by Gasteiger charge is 2.15. The van der Waals surface area contributed by atoms with Crippen molar-refractivity contribution in [3.8, 4) is 0 Å². The van der Waals surface area contributed by atoms with Crippen molar-refractivity contribution < 1.29 is 0 Å². The lowest BCUT2D eigenvalue weighted by atomic mass is 9.99. The third kappa shape index (κ3) is 2.72. The Hall–Kier alpha value is -1.39. The van der Waals surface area contributed by atoms with Gasteiger partial charge in [-0.05, 0) is 30.5 Å². The summed E-state index contributed by atoms with van der Waals surface area (Å²) >= 11 is 0. The molecule has 1 aliphatic heterocycles. The summed E-state index contributed by atoms with van der Waals surface area (Å²) in [6.07, 6.45) is 1.94. The van der Waals surface area contributed by atoms with Crippen LogP contribution < -0.4 is 5.32 Å². The smallest absolute Gasteiger partial charge is 0.0958 e. The molecule has 0 amide bonds. The molecule has 1 fully saturated rings. The van der Waals surface area contributed by atoms with E-state index in [1.807, 2.05) is 6.33 Å². The Bertz CT molecular complexity index is 569. The number of nitrogens with zero attached hydrogens (tertiary/aromatic N) is 3. The summed E-state index contributed by atoms with van der Waals surface area (Å²) in [5.41, 5.74) is 3.76. The van der Waals surface area contributed by atoms with E-state index in [4.69, 9.17) is 0 Å². The first-order chi connectivity index (χ1) is 9.78. The van der Waals surface area contributed by atoms with Gasteiger partial charge in [0.25, 0.3) is 0 Å². The fraction of sp³-hybridized carbons (Fsp3) is 0.562. The molecule has 1 N–H and O–H groups in total. The number of rotatable bonds is 4. The molecule has 1 aromatic heterocycles. The van der Waals surface area contributed by atoms with Crippen molar-refractivity contribution >= 4 is 11.0 Å². The number of fused-ring (bicyclic) bond motifs is 1. The number of aryl methyl sites for hydroxylation is 1. The molecule has 0 spiro atoms. The molecule has 3 rings (SSSR count). The van der Waals surface area contributed by atoms with Crippen LogP contribution in [0.3, 0.4) is 0 Å². The van der Waals surface area contributed by atoms with Crippen LogP contribution in [0, 0.1) is 0 Å². The number of nitrogens with one attached hydrogen (secondary N) is 1. The van der Waals surface area contributed by atoms with E-state index in [0.29, 0.717) is 5.92 Å². The summed E-state index contributed by atoms with van der Waals surface area (Å²) in [5, 5.41) is 3.41. The van der Waals surface area contributed by atoms with Gasteiger partial charge in [-0.15, -0.1) is 0 Å². The SMILES string of the molecule is CCn1cnc2cc(C(C)CN3CCNCC3)ccc21. The topological polar surface area (TPSA) is 33.1 Å². The zero-order valence-corrected chi connectivity index (χ0v) is 12.5. The second-order valence-electron chi connectivity index (χ2n) is 5.73. The van der Waals surface area contributed by atoms with Crippen LogP contribution in [0.2, 0.25) is 0 Å². The van der Waals surface area contributed by atoms with E-state index in [2.05, 4.69) is 51.8 Å². The van der Waals surface area contributed by atoms with Gasteiger partial charge in [-0.1, -0.05) is 13.0 Å². The molecular formula is C16H24N4. The minimum atomic E-state index is 0.560. The van der Waals surface area contributed by atoms with E-state index < -0.39 is 0 Å². The van der Waals surface area contributed by atoms with Gasteiger partial charge < -0.3 is 14.8 Å². The van der Waals surface area contributed by atoms with Crippen molar-refractivity contribution in [3.63, 3.8) is 0 Å². The molecule has 2 aromatic rings. The maximum absolute atomic E-state index is 4.52. The van der Waals surface area contributed by atoms with E-state index in [0.717, 1.165) is 44.8 Å². The molecule has 4 nitrogen and oxygen atoms in total. The summed E-state index contributed by atoms with van der Waals surface area (Å²) in [7, 11) is 0. The molecule has 1 aromatic carbocycles. The lowest BCUT2D eigenvalue weighted by Gasteiger charge is -2.29. The number of hydrogen-bond donors (Lipinski definition) is 1. The van der Waals surface area contributed by atoms with Gasteiger partial charge >= 0.3 is 0 Å². The Morgan fingerprint density at radius 2 is 2.10 bits per heavy atom. The first-order valence-electron chi connectivity index (χ1n) is 7.66. The Labute approximate surface area is 120 Å². The maximum atomic E-state index is 4.52. The molecule has 0 bridgehead atoms. The Balaban J connectivity index is 1.75. The molecule has 20 heavy (non-hydrogen) atoms. The van der Waals surface area contributed by atoms with Crippen molar-refractivity contribution in [2.75, 3.05) is 32.7 Å². The summed E-state index contributed by atoms with van der Waals surface area (Å²) in [6, 6.07) is 6.74. The van der Waals surface area contributed by atoms with Crippen molar-refractivity contribution in [2.45, 2.75) is 26.3 Å². The average Bonchev–Trinajstić information content (AvgIpc) is 2.90. The van der Waals surface area contributed by atoms with Crippen LogP contribution in [-0.2, 0) is 6.54 Å².